The van der Waals surface area contributed by atoms with Crippen LogP contribution in [-0.2, 0) is 4.74 Å². The van der Waals surface area contributed by atoms with E-state index in [-0.39, 0.29) is 55.7 Å². The maximum Gasteiger partial charge on any atom is 0.319 e. The first-order valence-electron chi connectivity index (χ1n) is 11.7. The number of halogens is 3. The summed E-state index contributed by atoms with van der Waals surface area (Å²) in [6.07, 6.45) is -0.500. The number of thiazole rings is 1. The molecule has 6 rings (SSSR count). The second-order valence-electron chi connectivity index (χ2n) is 9.27. The molecule has 9 nitrogen and oxygen atoms in total. The van der Waals surface area contributed by atoms with Crippen molar-refractivity contribution in [2.75, 3.05) is 51.4 Å². The highest BCUT2D eigenvalue weighted by molar-refractivity contribution is 7.22. The van der Waals surface area contributed by atoms with E-state index >= 15 is 4.39 Å². The van der Waals surface area contributed by atoms with Crippen LogP contribution in [-0.4, -0.2) is 78.4 Å². The Hall–Kier alpha value is -2.90. The van der Waals surface area contributed by atoms with Crippen LogP contribution in [0.2, 0.25) is 5.02 Å². The summed E-state index contributed by atoms with van der Waals surface area (Å²) in [6, 6.07) is 4.45. The summed E-state index contributed by atoms with van der Waals surface area (Å²) in [5.41, 5.74) is 6.49. The Kier molecular flexibility index (Phi) is 6.24. The maximum atomic E-state index is 16.3. The topological polar surface area (TPSA) is 110 Å². The highest BCUT2D eigenvalue weighted by Gasteiger charge is 2.34. The van der Waals surface area contributed by atoms with Gasteiger partial charge in [-0.05, 0) is 25.2 Å². The number of methoxy groups -OCH3 is 1. The van der Waals surface area contributed by atoms with Gasteiger partial charge in [0.2, 0.25) is 0 Å². The van der Waals surface area contributed by atoms with Gasteiger partial charge >= 0.3 is 6.01 Å². The van der Waals surface area contributed by atoms with E-state index in [1.54, 1.807) is 13.2 Å². The Labute approximate surface area is 219 Å². The lowest BCUT2D eigenvalue weighted by molar-refractivity contribution is 0.0301. The van der Waals surface area contributed by atoms with Gasteiger partial charge in [0.15, 0.2) is 10.9 Å². The molecule has 13 heteroatoms. The summed E-state index contributed by atoms with van der Waals surface area (Å²) in [6.45, 7) is 2.79. The third-order valence-electron chi connectivity index (χ3n) is 6.72. The van der Waals surface area contributed by atoms with Gasteiger partial charge in [-0.1, -0.05) is 22.9 Å². The van der Waals surface area contributed by atoms with E-state index in [0.717, 1.165) is 24.4 Å². The fraction of sp³-hybridized carbons (Fsp3) is 0.375. The molecule has 4 aromatic rings. The number of nitrogen functional groups attached to an aromatic ring is 1. The first-order valence-corrected chi connectivity index (χ1v) is 12.9. The van der Waals surface area contributed by atoms with Gasteiger partial charge in [-0.2, -0.15) is 9.97 Å². The zero-order chi connectivity index (χ0) is 25.8. The van der Waals surface area contributed by atoms with Gasteiger partial charge in [-0.15, -0.1) is 0 Å². The molecule has 2 aliphatic rings. The first-order chi connectivity index (χ1) is 17.8. The average Bonchev–Trinajstić information content (AvgIpc) is 3.40. The van der Waals surface area contributed by atoms with Crippen molar-refractivity contribution in [3.8, 4) is 17.1 Å². The molecule has 4 N–H and O–H groups in total. The minimum Gasteiger partial charge on any atom is -0.456 e. The number of hydrogen-bond donors (Lipinski definition) is 3. The molecule has 2 aromatic heterocycles. The summed E-state index contributed by atoms with van der Waals surface area (Å²) in [7, 11) is 3.59. The van der Waals surface area contributed by atoms with Gasteiger partial charge in [0, 0.05) is 49.8 Å². The molecule has 2 atom stereocenters. The summed E-state index contributed by atoms with van der Waals surface area (Å²) < 4.78 is 42.7. The molecule has 37 heavy (non-hydrogen) atoms. The Balaban J connectivity index is 1.51. The number of likely N-dealkylation sites (tertiary alicyclic amines) is 1. The predicted molar refractivity (Wildman–Crippen MR) is 140 cm³/mol. The molecular formula is C24H24ClF2N7O2S. The highest BCUT2D eigenvalue weighted by Crippen LogP contribution is 2.42. The number of rotatable bonds is 6. The molecule has 2 fully saturated rings. The number of nitrogens with zero attached hydrogens (tertiary/aromatic N) is 4. The monoisotopic (exact) mass is 547 g/mol. The number of hydrogen-bond acceptors (Lipinski definition) is 10. The number of aromatic nitrogens is 3. The Bertz CT molecular complexity index is 1520. The lowest BCUT2D eigenvalue weighted by atomic mass is 10.0. The summed E-state index contributed by atoms with van der Waals surface area (Å²) >= 11 is 7.63. The van der Waals surface area contributed by atoms with E-state index in [2.05, 4.69) is 30.5 Å². The van der Waals surface area contributed by atoms with Crippen LogP contribution < -0.4 is 21.1 Å². The molecule has 2 aliphatic heterocycles. The van der Waals surface area contributed by atoms with Crippen LogP contribution in [0, 0.1) is 11.6 Å². The minimum absolute atomic E-state index is 0.0268. The van der Waals surface area contributed by atoms with Gasteiger partial charge in [-0.3, -0.25) is 4.90 Å². The van der Waals surface area contributed by atoms with E-state index < -0.39 is 11.6 Å². The lowest BCUT2D eigenvalue weighted by Crippen LogP contribution is -2.51. The van der Waals surface area contributed by atoms with Crippen LogP contribution >= 0.6 is 22.9 Å². The number of anilines is 2. The van der Waals surface area contributed by atoms with Gasteiger partial charge < -0.3 is 25.8 Å². The highest BCUT2D eigenvalue weighted by atomic mass is 35.5. The van der Waals surface area contributed by atoms with Gasteiger partial charge in [0.05, 0.1) is 21.3 Å². The third-order valence-corrected chi connectivity index (χ3v) is 7.91. The quantitative estimate of drug-likeness (QED) is 0.334. The molecule has 4 heterocycles. The van der Waals surface area contributed by atoms with E-state index in [1.807, 2.05) is 7.05 Å². The van der Waals surface area contributed by atoms with Crippen LogP contribution in [0.4, 0.5) is 19.7 Å². The SMILES string of the molecule is COC1CN(C)CC1Oc1nc(NC2CNC2)c2cc(Cl)c(-c3ccc(F)c4sc(N)nc34)c(F)c2n1. The molecule has 2 unspecified atom stereocenters. The van der Waals surface area contributed by atoms with Crippen molar-refractivity contribution in [2.24, 2.45) is 0 Å². The van der Waals surface area contributed by atoms with Crippen LogP contribution in [0.25, 0.3) is 32.2 Å². The fourth-order valence-electron chi connectivity index (χ4n) is 4.76. The van der Waals surface area contributed by atoms with Gasteiger partial charge in [-0.25, -0.2) is 13.8 Å². The zero-order valence-corrected chi connectivity index (χ0v) is 21.6. The van der Waals surface area contributed by atoms with Crippen LogP contribution in [0.1, 0.15) is 0 Å². The molecule has 2 aromatic carbocycles. The van der Waals surface area contributed by atoms with E-state index in [4.69, 9.17) is 26.8 Å². The third kappa shape index (κ3) is 4.32. The summed E-state index contributed by atoms with van der Waals surface area (Å²) in [4.78, 5) is 15.4. The van der Waals surface area contributed by atoms with E-state index in [1.165, 1.54) is 12.1 Å². The second kappa shape index (κ2) is 9.44. The first kappa shape index (κ1) is 24.4. The molecule has 0 aliphatic carbocycles. The Morgan fingerprint density at radius 2 is 1.95 bits per heavy atom. The number of fused-ring (bicyclic) bond motifs is 2. The number of likely N-dealkylation sites (N-methyl/N-ethyl adjacent to an activating group) is 1. The van der Waals surface area contributed by atoms with Crippen molar-refractivity contribution in [3.63, 3.8) is 0 Å². The molecule has 0 spiro atoms. The number of nitrogens with one attached hydrogen (secondary N) is 2. The molecule has 0 amide bonds. The van der Waals surface area contributed by atoms with Crippen molar-refractivity contribution in [2.45, 2.75) is 18.2 Å². The standard InChI is InChI=1S/C24H24ClF2N7O2S/c1-34-8-15(35-2)16(9-34)36-24-32-19-12(22(33-24)30-10-6-29-7-10)5-13(25)17(18(19)27)11-3-4-14(26)21-20(11)31-23(28)37-21/h3-5,10,15-16,29H,6-9H2,1-2H3,(H2,28,31)(H,30,32,33). The lowest BCUT2D eigenvalue weighted by Gasteiger charge is -2.29. The fourth-order valence-corrected chi connectivity index (χ4v) is 5.82. The molecule has 194 valence electrons. The van der Waals surface area contributed by atoms with Crippen molar-refractivity contribution >= 4 is 55.0 Å². The maximum absolute atomic E-state index is 16.3. The minimum atomic E-state index is -0.684. The van der Waals surface area contributed by atoms with Gasteiger partial charge in [0.1, 0.15) is 29.4 Å². The second-order valence-corrected chi connectivity index (χ2v) is 10.7. The number of ether oxygens (including phenoxy) is 2. The number of nitrogens with two attached hydrogens (primary N) is 1. The zero-order valence-electron chi connectivity index (χ0n) is 20.0. The van der Waals surface area contributed by atoms with Crippen LogP contribution in [0.3, 0.4) is 0 Å². The van der Waals surface area contributed by atoms with Crippen molar-refractivity contribution in [3.05, 3.63) is 34.9 Å². The normalized spacial score (nSPS) is 20.6. The average molecular weight is 548 g/mol. The number of benzene rings is 2. The molecule has 2 saturated heterocycles. The van der Waals surface area contributed by atoms with Crippen LogP contribution in [0.5, 0.6) is 6.01 Å². The molecular weight excluding hydrogens is 524 g/mol. The summed E-state index contributed by atoms with van der Waals surface area (Å²) in [5.74, 6) is -0.754. The van der Waals surface area contributed by atoms with E-state index in [0.29, 0.717) is 29.9 Å². The predicted octanol–water partition coefficient (Wildman–Crippen LogP) is 3.51. The van der Waals surface area contributed by atoms with Crippen molar-refractivity contribution in [1.82, 2.24) is 25.2 Å². The van der Waals surface area contributed by atoms with Gasteiger partial charge in [0.25, 0.3) is 0 Å². The molecule has 0 saturated carbocycles. The largest absolute Gasteiger partial charge is 0.456 e. The smallest absolute Gasteiger partial charge is 0.319 e. The Morgan fingerprint density at radius 3 is 2.68 bits per heavy atom. The molecule has 0 bridgehead atoms. The van der Waals surface area contributed by atoms with Crippen molar-refractivity contribution < 1.29 is 18.3 Å². The molecule has 0 radical (unpaired) electrons. The summed E-state index contributed by atoms with van der Waals surface area (Å²) in [5, 5.41) is 7.23. The van der Waals surface area contributed by atoms with E-state index in [9.17, 15) is 4.39 Å². The van der Waals surface area contributed by atoms with Crippen molar-refractivity contribution in [1.29, 1.82) is 0 Å². The van der Waals surface area contributed by atoms with Crippen LogP contribution in [0.15, 0.2) is 18.2 Å². The Morgan fingerprint density at radius 1 is 1.16 bits per heavy atom.